The van der Waals surface area contributed by atoms with Crippen LogP contribution in [0.4, 0.5) is 5.69 Å². The van der Waals surface area contributed by atoms with Crippen LogP contribution in [0.15, 0.2) is 18.2 Å². The Morgan fingerprint density at radius 3 is 2.54 bits per heavy atom. The number of carbonyl (C=O) groups is 1. The van der Waals surface area contributed by atoms with Gasteiger partial charge in [0.25, 0.3) is 0 Å². The highest BCUT2D eigenvalue weighted by Gasteiger charge is 2.31. The first-order chi connectivity index (χ1) is 13.3. The lowest BCUT2D eigenvalue weighted by molar-refractivity contribution is -0.121. The Labute approximate surface area is 166 Å². The number of sulfonamides is 1. The Kier molecular flexibility index (Phi) is 7.90. The zero-order valence-electron chi connectivity index (χ0n) is 16.8. The van der Waals surface area contributed by atoms with E-state index in [0.717, 1.165) is 23.7 Å². The first-order valence-electron chi connectivity index (χ1n) is 9.07. The normalized spacial score (nSPS) is 16.3. The molecule has 0 aromatic heterocycles. The van der Waals surface area contributed by atoms with Crippen LogP contribution in [0.3, 0.4) is 0 Å². The molecule has 1 fully saturated rings. The highest BCUT2D eigenvalue weighted by Crippen LogP contribution is 2.35. The number of ether oxygens (including phenoxy) is 3. The molecule has 2 rings (SSSR count). The summed E-state index contributed by atoms with van der Waals surface area (Å²) in [5.41, 5.74) is 0.250. The van der Waals surface area contributed by atoms with Crippen LogP contribution in [0.25, 0.3) is 0 Å². The standard InChI is InChI=1S/C18H29N3O6S/c1-14(18(22)19-7-8-20-9-11-27-12-10-20)21(28(4,23)24)16-13-15(25-2)5-6-17(16)26-3/h5-6,13-14H,7-12H2,1-4H3,(H,19,22)/t14-/m0/s1. The van der Waals surface area contributed by atoms with Crippen molar-refractivity contribution in [3.63, 3.8) is 0 Å². The van der Waals surface area contributed by atoms with E-state index in [1.54, 1.807) is 19.1 Å². The average molecular weight is 416 g/mol. The molecule has 28 heavy (non-hydrogen) atoms. The maximum atomic E-state index is 12.7. The number of morpholine rings is 1. The van der Waals surface area contributed by atoms with Crippen molar-refractivity contribution >= 4 is 21.6 Å². The van der Waals surface area contributed by atoms with Gasteiger partial charge in [-0.1, -0.05) is 0 Å². The Balaban J connectivity index is 2.15. The number of nitrogens with zero attached hydrogens (tertiary/aromatic N) is 2. The molecule has 1 amide bonds. The van der Waals surface area contributed by atoms with Gasteiger partial charge < -0.3 is 19.5 Å². The molecule has 0 aliphatic carbocycles. The van der Waals surface area contributed by atoms with Gasteiger partial charge in [-0.2, -0.15) is 0 Å². The van der Waals surface area contributed by atoms with Gasteiger partial charge in [0, 0.05) is 32.2 Å². The Hall–Kier alpha value is -2.04. The second-order valence-electron chi connectivity index (χ2n) is 6.52. The van der Waals surface area contributed by atoms with E-state index in [0.29, 0.717) is 37.8 Å². The summed E-state index contributed by atoms with van der Waals surface area (Å²) in [5, 5.41) is 2.82. The van der Waals surface area contributed by atoms with E-state index in [1.807, 2.05) is 0 Å². The molecule has 10 heteroatoms. The molecule has 158 valence electrons. The summed E-state index contributed by atoms with van der Waals surface area (Å²) in [5.74, 6) is 0.409. The fourth-order valence-electron chi connectivity index (χ4n) is 3.06. The van der Waals surface area contributed by atoms with Crippen molar-refractivity contribution < 1.29 is 27.4 Å². The number of benzene rings is 1. The van der Waals surface area contributed by atoms with Crippen molar-refractivity contribution in [2.75, 3.05) is 64.2 Å². The highest BCUT2D eigenvalue weighted by atomic mass is 32.2. The number of hydrogen-bond donors (Lipinski definition) is 1. The summed E-state index contributed by atoms with van der Waals surface area (Å²) in [6.45, 7) is 5.66. The van der Waals surface area contributed by atoms with E-state index in [9.17, 15) is 13.2 Å². The Morgan fingerprint density at radius 2 is 1.96 bits per heavy atom. The van der Waals surface area contributed by atoms with E-state index in [1.165, 1.54) is 20.3 Å². The Bertz CT molecular complexity index is 765. The van der Waals surface area contributed by atoms with Crippen LogP contribution in [0.2, 0.25) is 0 Å². The van der Waals surface area contributed by atoms with Crippen LogP contribution in [0.1, 0.15) is 6.92 Å². The molecule has 1 heterocycles. The van der Waals surface area contributed by atoms with E-state index >= 15 is 0 Å². The van der Waals surface area contributed by atoms with E-state index < -0.39 is 16.1 Å². The molecule has 1 N–H and O–H groups in total. The zero-order valence-corrected chi connectivity index (χ0v) is 17.6. The van der Waals surface area contributed by atoms with Gasteiger partial charge >= 0.3 is 0 Å². The van der Waals surface area contributed by atoms with Crippen LogP contribution >= 0.6 is 0 Å². The molecule has 0 radical (unpaired) electrons. The van der Waals surface area contributed by atoms with Crippen LogP contribution in [0, 0.1) is 0 Å². The second-order valence-corrected chi connectivity index (χ2v) is 8.38. The van der Waals surface area contributed by atoms with Crippen LogP contribution < -0.4 is 19.1 Å². The van der Waals surface area contributed by atoms with Crippen molar-refractivity contribution in [2.45, 2.75) is 13.0 Å². The number of methoxy groups -OCH3 is 2. The molecule has 1 aliphatic rings. The van der Waals surface area contributed by atoms with E-state index in [2.05, 4.69) is 10.2 Å². The molecule has 1 aromatic carbocycles. The lowest BCUT2D eigenvalue weighted by atomic mass is 10.2. The van der Waals surface area contributed by atoms with Gasteiger partial charge in [-0.25, -0.2) is 8.42 Å². The molecule has 1 aromatic rings. The quantitative estimate of drug-likeness (QED) is 0.620. The van der Waals surface area contributed by atoms with Crippen molar-refractivity contribution in [1.82, 2.24) is 10.2 Å². The van der Waals surface area contributed by atoms with Gasteiger partial charge in [0.1, 0.15) is 17.5 Å². The molecule has 0 spiro atoms. The summed E-state index contributed by atoms with van der Waals surface area (Å²) >= 11 is 0. The summed E-state index contributed by atoms with van der Waals surface area (Å²) in [6.07, 6.45) is 1.06. The average Bonchev–Trinajstić information content (AvgIpc) is 2.67. The minimum Gasteiger partial charge on any atom is -0.497 e. The summed E-state index contributed by atoms with van der Waals surface area (Å²) in [4.78, 5) is 14.9. The number of anilines is 1. The first kappa shape index (κ1) is 22.3. The van der Waals surface area contributed by atoms with E-state index in [-0.39, 0.29) is 11.6 Å². The summed E-state index contributed by atoms with van der Waals surface area (Å²) < 4.78 is 41.8. The van der Waals surface area contributed by atoms with Gasteiger partial charge in [0.05, 0.1) is 39.4 Å². The summed E-state index contributed by atoms with van der Waals surface area (Å²) in [7, 11) is -0.828. The van der Waals surface area contributed by atoms with Crippen LogP contribution in [-0.4, -0.2) is 85.1 Å². The minimum absolute atomic E-state index is 0.250. The smallest absolute Gasteiger partial charge is 0.243 e. The molecule has 9 nitrogen and oxygen atoms in total. The van der Waals surface area contributed by atoms with Crippen molar-refractivity contribution in [3.8, 4) is 11.5 Å². The molecular formula is C18H29N3O6S. The second kappa shape index (κ2) is 9.94. The minimum atomic E-state index is -3.76. The van der Waals surface area contributed by atoms with E-state index in [4.69, 9.17) is 14.2 Å². The molecule has 0 saturated carbocycles. The first-order valence-corrected chi connectivity index (χ1v) is 10.9. The third-order valence-electron chi connectivity index (χ3n) is 4.54. The van der Waals surface area contributed by atoms with Gasteiger partial charge in [0.15, 0.2) is 0 Å². The Morgan fingerprint density at radius 1 is 1.29 bits per heavy atom. The molecule has 1 atom stereocenters. The lowest BCUT2D eigenvalue weighted by Crippen LogP contribution is -2.49. The fourth-order valence-corrected chi connectivity index (χ4v) is 4.23. The van der Waals surface area contributed by atoms with Crippen molar-refractivity contribution in [1.29, 1.82) is 0 Å². The fraction of sp³-hybridized carbons (Fsp3) is 0.611. The molecule has 0 bridgehead atoms. The third kappa shape index (κ3) is 5.73. The maximum Gasteiger partial charge on any atom is 0.243 e. The van der Waals surface area contributed by atoms with Gasteiger partial charge in [-0.05, 0) is 19.1 Å². The third-order valence-corrected chi connectivity index (χ3v) is 5.77. The molecule has 1 aliphatic heterocycles. The lowest BCUT2D eigenvalue weighted by Gasteiger charge is -2.30. The molecular weight excluding hydrogens is 386 g/mol. The number of rotatable bonds is 9. The van der Waals surface area contributed by atoms with Gasteiger partial charge in [-0.3, -0.25) is 14.0 Å². The van der Waals surface area contributed by atoms with Crippen LogP contribution in [0.5, 0.6) is 11.5 Å². The van der Waals surface area contributed by atoms with Crippen molar-refractivity contribution in [3.05, 3.63) is 18.2 Å². The number of hydrogen-bond acceptors (Lipinski definition) is 7. The van der Waals surface area contributed by atoms with Crippen LogP contribution in [-0.2, 0) is 19.6 Å². The largest absolute Gasteiger partial charge is 0.497 e. The number of nitrogens with one attached hydrogen (secondary N) is 1. The molecule has 0 unspecified atom stereocenters. The predicted molar refractivity (Wildman–Crippen MR) is 107 cm³/mol. The topological polar surface area (TPSA) is 97.4 Å². The van der Waals surface area contributed by atoms with Gasteiger partial charge in [-0.15, -0.1) is 0 Å². The molecule has 1 saturated heterocycles. The zero-order chi connectivity index (χ0) is 20.7. The highest BCUT2D eigenvalue weighted by molar-refractivity contribution is 7.92. The maximum absolute atomic E-state index is 12.7. The monoisotopic (exact) mass is 415 g/mol. The predicted octanol–water partition coefficient (Wildman–Crippen LogP) is 0.307. The van der Waals surface area contributed by atoms with Crippen molar-refractivity contribution in [2.24, 2.45) is 0 Å². The number of carbonyl (C=O) groups excluding carboxylic acids is 1. The van der Waals surface area contributed by atoms with Gasteiger partial charge in [0.2, 0.25) is 15.9 Å². The summed E-state index contributed by atoms with van der Waals surface area (Å²) in [6, 6.07) is 3.85. The SMILES string of the molecule is COc1ccc(OC)c(N([C@@H](C)C(=O)NCCN2CCOCC2)S(C)(=O)=O)c1. The number of amides is 1.